The van der Waals surface area contributed by atoms with E-state index in [-0.39, 0.29) is 23.3 Å². The largest absolute Gasteiger partial charge is 0.304 e. The lowest BCUT2D eigenvalue weighted by atomic mass is 10.1. The zero-order valence-corrected chi connectivity index (χ0v) is 17.4. The number of nitrogens with one attached hydrogen (secondary N) is 1. The quantitative estimate of drug-likeness (QED) is 0.578. The van der Waals surface area contributed by atoms with Crippen LogP contribution in [0.25, 0.3) is 0 Å². The molecule has 0 radical (unpaired) electrons. The lowest BCUT2D eigenvalue weighted by molar-refractivity contribution is -0.384. The van der Waals surface area contributed by atoms with Crippen molar-refractivity contribution >= 4 is 46.0 Å². The number of hydrazone groups is 1. The summed E-state index contributed by atoms with van der Waals surface area (Å²) in [7, 11) is 0. The molecule has 3 amide bonds. The number of anilines is 1. The third-order valence-electron chi connectivity index (χ3n) is 4.90. The van der Waals surface area contributed by atoms with Crippen LogP contribution in [0.2, 0.25) is 0 Å². The zero-order chi connectivity index (χ0) is 22.3. The van der Waals surface area contributed by atoms with E-state index >= 15 is 0 Å². The highest BCUT2D eigenvalue weighted by Crippen LogP contribution is 2.54. The third-order valence-corrected chi connectivity index (χ3v) is 6.14. The predicted octanol–water partition coefficient (Wildman–Crippen LogP) is 2.30. The lowest BCUT2D eigenvalue weighted by Gasteiger charge is -2.29. The highest BCUT2D eigenvalue weighted by molar-refractivity contribution is 8.15. The van der Waals surface area contributed by atoms with E-state index in [1.54, 1.807) is 36.4 Å². The Bertz CT molecular complexity index is 1150. The van der Waals surface area contributed by atoms with Crippen molar-refractivity contribution < 1.29 is 19.3 Å². The van der Waals surface area contributed by atoms with Crippen molar-refractivity contribution in [2.75, 3.05) is 4.90 Å². The predicted molar refractivity (Wildman–Crippen MR) is 114 cm³/mol. The lowest BCUT2D eigenvalue weighted by Crippen LogP contribution is -2.48. The van der Waals surface area contributed by atoms with Crippen LogP contribution in [0.15, 0.2) is 53.6 Å². The summed E-state index contributed by atoms with van der Waals surface area (Å²) in [5.74, 6) is -1.21. The summed E-state index contributed by atoms with van der Waals surface area (Å²) in [4.78, 5) is 48.1. The Kier molecular flexibility index (Phi) is 4.97. The molecule has 2 heterocycles. The number of non-ortho nitro benzene ring substituents is 1. The molecule has 2 aliphatic rings. The second kappa shape index (κ2) is 7.51. The number of carbonyl (C=O) groups is 3. The molecule has 0 saturated heterocycles. The van der Waals surface area contributed by atoms with Crippen LogP contribution >= 0.6 is 11.8 Å². The number of carbonyl (C=O) groups excluding carboxylic acids is 3. The first kappa shape index (κ1) is 20.5. The van der Waals surface area contributed by atoms with Crippen molar-refractivity contribution in [3.05, 3.63) is 69.8 Å². The average Bonchev–Trinajstić information content (AvgIpc) is 3.21. The fourth-order valence-corrected chi connectivity index (χ4v) is 4.96. The van der Waals surface area contributed by atoms with Gasteiger partial charge in [-0.1, -0.05) is 30.3 Å². The summed E-state index contributed by atoms with van der Waals surface area (Å²) in [6.45, 7) is 2.77. The van der Waals surface area contributed by atoms with Crippen LogP contribution < -0.4 is 10.2 Å². The molecule has 2 aliphatic heterocycles. The van der Waals surface area contributed by atoms with Gasteiger partial charge in [-0.3, -0.25) is 24.5 Å². The van der Waals surface area contributed by atoms with Crippen LogP contribution in [0.4, 0.5) is 11.4 Å². The van der Waals surface area contributed by atoms with E-state index in [0.717, 1.165) is 16.8 Å². The monoisotopic (exact) mass is 439 g/mol. The summed E-state index contributed by atoms with van der Waals surface area (Å²) < 4.78 is 0. The van der Waals surface area contributed by atoms with Gasteiger partial charge >= 0.3 is 0 Å². The van der Waals surface area contributed by atoms with E-state index in [1.165, 1.54) is 30.9 Å². The van der Waals surface area contributed by atoms with Crippen LogP contribution in [-0.4, -0.2) is 32.8 Å². The van der Waals surface area contributed by atoms with Gasteiger partial charge in [0.25, 0.3) is 11.6 Å². The number of hydrogen-bond acceptors (Lipinski definition) is 7. The molecule has 10 nitrogen and oxygen atoms in total. The molecule has 0 bridgehead atoms. The number of para-hydroxylation sites is 1. The number of nitrogens with zero attached hydrogens (tertiary/aromatic N) is 4. The van der Waals surface area contributed by atoms with Gasteiger partial charge in [-0.05, 0) is 23.4 Å². The summed E-state index contributed by atoms with van der Waals surface area (Å²) in [5.41, 5.74) is 1.82. The molecular formula is C20H17N5O5S. The molecule has 2 aromatic rings. The number of benzene rings is 2. The molecule has 0 aliphatic carbocycles. The number of hydrogen-bond donors (Lipinski definition) is 1. The van der Waals surface area contributed by atoms with E-state index in [2.05, 4.69) is 10.4 Å². The Morgan fingerprint density at radius 2 is 1.84 bits per heavy atom. The topological polar surface area (TPSA) is 125 Å². The number of fused-ring (bicyclic) bond motifs is 2. The van der Waals surface area contributed by atoms with Crippen molar-refractivity contribution in [1.29, 1.82) is 0 Å². The fourth-order valence-electron chi connectivity index (χ4n) is 3.63. The molecule has 0 unspecified atom stereocenters. The van der Waals surface area contributed by atoms with Gasteiger partial charge in [0.05, 0.1) is 17.2 Å². The molecule has 11 heteroatoms. The number of thioether (sulfide) groups is 1. The summed E-state index contributed by atoms with van der Waals surface area (Å²) in [6, 6.07) is 13.0. The van der Waals surface area contributed by atoms with Gasteiger partial charge in [0, 0.05) is 31.5 Å². The molecule has 1 spiro atoms. The Morgan fingerprint density at radius 1 is 1.16 bits per heavy atom. The molecular weight excluding hydrogens is 422 g/mol. The average molecular weight is 439 g/mol. The van der Waals surface area contributed by atoms with E-state index < -0.39 is 21.6 Å². The van der Waals surface area contributed by atoms with E-state index in [4.69, 9.17) is 0 Å². The number of amides is 3. The van der Waals surface area contributed by atoms with Gasteiger partial charge in [0.2, 0.25) is 16.7 Å². The van der Waals surface area contributed by atoms with E-state index in [1.807, 2.05) is 0 Å². The second-order valence-electron chi connectivity index (χ2n) is 7.00. The molecule has 2 aromatic carbocycles. The van der Waals surface area contributed by atoms with Gasteiger partial charge in [-0.2, -0.15) is 5.01 Å². The van der Waals surface area contributed by atoms with Crippen LogP contribution in [-0.2, 0) is 25.8 Å². The van der Waals surface area contributed by atoms with Gasteiger partial charge in [0.15, 0.2) is 5.17 Å². The minimum atomic E-state index is -1.47. The van der Waals surface area contributed by atoms with E-state index in [9.17, 15) is 24.5 Å². The van der Waals surface area contributed by atoms with Crippen LogP contribution in [0.5, 0.6) is 0 Å². The standard InChI is InChI=1S/C20H17N5O5S/c1-12(26)21-19-22-24(13(2)27)20(31-19)16-5-3-4-6-17(16)23(18(20)28)11-14-7-9-15(10-8-14)25(29)30/h3-10H,11H2,1-2H3,(H,21,22,26)/t20-/m0/s1. The van der Waals surface area contributed by atoms with Crippen molar-refractivity contribution in [1.82, 2.24) is 10.3 Å². The van der Waals surface area contributed by atoms with Crippen molar-refractivity contribution in [2.45, 2.75) is 25.3 Å². The third kappa shape index (κ3) is 3.32. The van der Waals surface area contributed by atoms with Gasteiger partial charge < -0.3 is 10.2 Å². The van der Waals surface area contributed by atoms with Crippen LogP contribution in [0.1, 0.15) is 25.0 Å². The molecule has 158 valence electrons. The number of amidine groups is 1. The molecule has 1 atom stereocenters. The molecule has 4 rings (SSSR count). The van der Waals surface area contributed by atoms with Crippen molar-refractivity contribution in [2.24, 2.45) is 5.10 Å². The maximum atomic E-state index is 13.7. The Hall–Kier alpha value is -3.73. The highest BCUT2D eigenvalue weighted by atomic mass is 32.2. The summed E-state index contributed by atoms with van der Waals surface area (Å²) >= 11 is 0.999. The Balaban J connectivity index is 1.75. The maximum absolute atomic E-state index is 13.7. The van der Waals surface area contributed by atoms with Gasteiger partial charge in [-0.15, -0.1) is 5.10 Å². The smallest absolute Gasteiger partial charge is 0.271 e. The first-order valence-corrected chi connectivity index (χ1v) is 10.1. The second-order valence-corrected chi connectivity index (χ2v) is 8.18. The normalized spacial score (nSPS) is 19.4. The SMILES string of the molecule is CC(=O)NC1=NN(C(C)=O)[C@@]2(S1)C(=O)N(Cc1ccc([N+](=O)[O-])cc1)c1ccccc12. The summed E-state index contributed by atoms with van der Waals surface area (Å²) in [5, 5.41) is 18.9. The number of nitro benzene ring substituents is 1. The minimum Gasteiger partial charge on any atom is -0.304 e. The van der Waals surface area contributed by atoms with Gasteiger partial charge in [-0.25, -0.2) is 0 Å². The zero-order valence-electron chi connectivity index (χ0n) is 16.6. The molecule has 0 fully saturated rings. The number of rotatable bonds is 3. The van der Waals surface area contributed by atoms with Crippen LogP contribution in [0.3, 0.4) is 0 Å². The summed E-state index contributed by atoms with van der Waals surface area (Å²) in [6.07, 6.45) is 0. The Labute approximate surface area is 181 Å². The number of nitro groups is 1. The van der Waals surface area contributed by atoms with Crippen molar-refractivity contribution in [3.8, 4) is 0 Å². The highest BCUT2D eigenvalue weighted by Gasteiger charge is 2.61. The fraction of sp³-hybridized carbons (Fsp3) is 0.200. The minimum absolute atomic E-state index is 0.0455. The maximum Gasteiger partial charge on any atom is 0.271 e. The van der Waals surface area contributed by atoms with Gasteiger partial charge in [0.1, 0.15) is 0 Å². The first-order chi connectivity index (χ1) is 14.7. The Morgan fingerprint density at radius 3 is 2.45 bits per heavy atom. The van der Waals surface area contributed by atoms with Crippen molar-refractivity contribution in [3.63, 3.8) is 0 Å². The molecule has 0 aromatic heterocycles. The molecule has 1 N–H and O–H groups in total. The van der Waals surface area contributed by atoms with E-state index in [0.29, 0.717) is 16.8 Å². The molecule has 0 saturated carbocycles. The first-order valence-electron chi connectivity index (χ1n) is 9.25. The van der Waals surface area contributed by atoms with Crippen LogP contribution in [0, 0.1) is 10.1 Å². The molecule has 31 heavy (non-hydrogen) atoms.